The fraction of sp³-hybridized carbons (Fsp3) is 0.300. The van der Waals surface area contributed by atoms with Crippen LogP contribution in [0.3, 0.4) is 0 Å². The van der Waals surface area contributed by atoms with Crippen molar-refractivity contribution in [2.75, 3.05) is 11.9 Å². The molecule has 0 saturated heterocycles. The van der Waals surface area contributed by atoms with Crippen molar-refractivity contribution in [3.05, 3.63) is 52.3 Å². The highest BCUT2D eigenvalue weighted by Gasteiger charge is 2.35. The van der Waals surface area contributed by atoms with Gasteiger partial charge in [-0.3, -0.25) is 0 Å². The normalized spacial score (nSPS) is 18.2. The lowest BCUT2D eigenvalue weighted by atomic mass is 9.55. The summed E-state index contributed by atoms with van der Waals surface area (Å²) in [5, 5.41) is 0.794. The minimum atomic E-state index is -2.31. The fourth-order valence-electron chi connectivity index (χ4n) is 3.52. The van der Waals surface area contributed by atoms with Crippen LogP contribution in [0.15, 0.2) is 28.7 Å². The first-order chi connectivity index (χ1) is 14.3. The maximum absolute atomic E-state index is 7.74. The molecule has 5 heteroatoms. The van der Waals surface area contributed by atoms with E-state index < -0.39 is 13.7 Å². The third-order valence-corrected chi connectivity index (χ3v) is 4.88. The number of hydrogen-bond acceptors (Lipinski definition) is 3. The zero-order valence-corrected chi connectivity index (χ0v) is 14.7. The lowest BCUT2D eigenvalue weighted by molar-refractivity contribution is -0.654. The van der Waals surface area contributed by atoms with E-state index in [2.05, 4.69) is 4.98 Å². The van der Waals surface area contributed by atoms with E-state index in [1.807, 2.05) is 48.5 Å². The Labute approximate surface area is 157 Å². The number of rotatable bonds is 1. The summed E-state index contributed by atoms with van der Waals surface area (Å²) in [6, 6.07) is 3.47. The Morgan fingerprint density at radius 3 is 2.80 bits per heavy atom. The van der Waals surface area contributed by atoms with Crippen LogP contribution >= 0.6 is 0 Å². The van der Waals surface area contributed by atoms with Crippen molar-refractivity contribution in [1.29, 1.82) is 0 Å². The molecule has 0 unspecified atom stereocenters. The maximum Gasteiger partial charge on any atom is 0.398 e. The predicted octanol–water partition coefficient (Wildman–Crippen LogP) is 2.79. The number of fused-ring (bicyclic) bond motifs is 3. The van der Waals surface area contributed by atoms with E-state index in [1.54, 1.807) is 19.2 Å². The van der Waals surface area contributed by atoms with Gasteiger partial charge < -0.3 is 9.23 Å². The highest BCUT2D eigenvalue weighted by Crippen LogP contribution is 2.37. The smallest absolute Gasteiger partial charge is 0.398 e. The molecule has 4 nitrogen and oxygen atoms in total. The number of nitrogens with zero attached hydrogens (tertiary/aromatic N) is 3. The lowest BCUT2D eigenvalue weighted by Crippen LogP contribution is -2.60. The third-order valence-electron chi connectivity index (χ3n) is 4.88. The van der Waals surface area contributed by atoms with Crippen LogP contribution in [-0.4, -0.2) is 18.9 Å². The molecule has 4 rings (SSSR count). The molecule has 126 valence electrons. The molecule has 0 aromatic carbocycles. The number of aromatic nitrogens is 2. The lowest BCUT2D eigenvalue weighted by Gasteiger charge is -2.24. The maximum atomic E-state index is 7.74. The molecule has 0 N–H and O–H groups in total. The topological polar surface area (TPSA) is 33.2 Å². The second-order valence-corrected chi connectivity index (χ2v) is 6.65. The second kappa shape index (κ2) is 5.48. The zero-order valence-electron chi connectivity index (χ0n) is 20.7. The van der Waals surface area contributed by atoms with Gasteiger partial charge in [-0.15, -0.1) is 0 Å². The molecular formula is C20H23BN3O+. The van der Waals surface area contributed by atoms with Crippen LogP contribution in [0.25, 0.3) is 17.2 Å². The average molecular weight is 338 g/mol. The van der Waals surface area contributed by atoms with Crippen LogP contribution in [0, 0.1) is 27.6 Å². The summed E-state index contributed by atoms with van der Waals surface area (Å²) in [6.07, 6.45) is 3.62. The Morgan fingerprint density at radius 1 is 1.20 bits per heavy atom. The molecule has 0 atom stereocenters. The minimum Gasteiger partial charge on any atom is -0.423 e. The summed E-state index contributed by atoms with van der Waals surface area (Å²) in [7, 11) is 3.72. The highest BCUT2D eigenvalue weighted by molar-refractivity contribution is 6.80. The van der Waals surface area contributed by atoms with Crippen molar-refractivity contribution in [1.82, 2.24) is 4.98 Å². The van der Waals surface area contributed by atoms with Gasteiger partial charge in [0.1, 0.15) is 7.05 Å². The van der Waals surface area contributed by atoms with E-state index in [1.165, 1.54) is 0 Å². The van der Waals surface area contributed by atoms with E-state index >= 15 is 0 Å². The molecular weight excluding hydrogens is 309 g/mol. The summed E-state index contributed by atoms with van der Waals surface area (Å²) in [4.78, 5) is 6.21. The molecule has 3 aromatic rings. The van der Waals surface area contributed by atoms with Crippen molar-refractivity contribution in [2.45, 2.75) is 27.6 Å². The Kier molecular flexibility index (Phi) is 2.29. The predicted molar refractivity (Wildman–Crippen MR) is 103 cm³/mol. The van der Waals surface area contributed by atoms with Gasteiger partial charge >= 0.3 is 6.85 Å². The molecule has 0 radical (unpaired) electrons. The monoisotopic (exact) mass is 338 g/mol. The van der Waals surface area contributed by atoms with Crippen molar-refractivity contribution in [2.24, 2.45) is 7.05 Å². The quantitative estimate of drug-likeness (QED) is 0.505. The van der Waals surface area contributed by atoms with Gasteiger partial charge in [0, 0.05) is 31.1 Å². The molecule has 3 aromatic heterocycles. The van der Waals surface area contributed by atoms with Crippen LogP contribution in [0.1, 0.15) is 36.2 Å². The van der Waals surface area contributed by atoms with E-state index in [0.717, 1.165) is 22.1 Å². The molecule has 0 fully saturated rings. The number of aryl methyl sites for hydroxylation is 5. The first-order valence-electron chi connectivity index (χ1n) is 11.2. The van der Waals surface area contributed by atoms with Crippen molar-refractivity contribution < 1.29 is 17.2 Å². The Balaban J connectivity index is 1.82. The largest absolute Gasteiger partial charge is 0.423 e. The zero-order chi connectivity index (χ0) is 22.9. The first kappa shape index (κ1) is 10.4. The number of anilines is 1. The van der Waals surface area contributed by atoms with Gasteiger partial charge in [0.15, 0.2) is 17.7 Å². The fourth-order valence-corrected chi connectivity index (χ4v) is 3.52. The third kappa shape index (κ3) is 2.37. The summed E-state index contributed by atoms with van der Waals surface area (Å²) in [6.45, 7) is -1.03. The highest BCUT2D eigenvalue weighted by atomic mass is 16.4. The molecule has 4 heterocycles. The number of hydrogen-bond donors (Lipinski definition) is 0. The molecule has 0 spiro atoms. The summed E-state index contributed by atoms with van der Waals surface area (Å²) >= 11 is 0. The average Bonchev–Trinajstić information content (AvgIpc) is 3.02. The molecule has 0 amide bonds. The standard InChI is InChI=1S/C20H23BN3O/c1-12-10-17(23(5)11-14(12)3)21-8-7-16-18-13(2)9-15(4)22-19(18)25-20(16)24(21)6/h7-11H,1-6H3/q+1/i3D3,4D3. The van der Waals surface area contributed by atoms with Gasteiger partial charge in [-0.2, -0.15) is 0 Å². The molecule has 0 bridgehead atoms. The van der Waals surface area contributed by atoms with Crippen LogP contribution in [-0.2, 0) is 7.05 Å². The van der Waals surface area contributed by atoms with Gasteiger partial charge in [0.25, 0.3) is 0 Å². The van der Waals surface area contributed by atoms with Crippen LogP contribution in [0.5, 0.6) is 0 Å². The Bertz CT molecular complexity index is 1230. The van der Waals surface area contributed by atoms with Gasteiger partial charge in [-0.25, -0.2) is 9.55 Å². The van der Waals surface area contributed by atoms with E-state index in [4.69, 9.17) is 12.6 Å². The molecule has 25 heavy (non-hydrogen) atoms. The van der Waals surface area contributed by atoms with Gasteiger partial charge in [0.05, 0.1) is 5.39 Å². The van der Waals surface area contributed by atoms with Crippen molar-refractivity contribution >= 4 is 35.5 Å². The Hall–Kier alpha value is -2.56. The van der Waals surface area contributed by atoms with Gasteiger partial charge in [0.2, 0.25) is 5.71 Å². The second-order valence-electron chi connectivity index (χ2n) is 6.65. The van der Waals surface area contributed by atoms with Gasteiger partial charge in [-0.1, -0.05) is 12.1 Å². The van der Waals surface area contributed by atoms with E-state index in [-0.39, 0.29) is 12.5 Å². The SMILES string of the molecule is [2H]C([2H])([2H])c1cc(C)c2c3c(oc2n1)N(C)B(c1cc(C)c(C([2H])([2H])[2H])c[n+]1C)C=C3. The minimum absolute atomic E-state index is 0.00839. The van der Waals surface area contributed by atoms with Crippen LogP contribution < -0.4 is 15.0 Å². The van der Waals surface area contributed by atoms with E-state index in [9.17, 15) is 0 Å². The molecule has 1 aliphatic rings. The molecule has 0 saturated carbocycles. The number of pyridine rings is 2. The number of furan rings is 1. The Morgan fingerprint density at radius 2 is 2.04 bits per heavy atom. The van der Waals surface area contributed by atoms with Gasteiger partial charge in [-0.05, 0) is 51.8 Å². The van der Waals surface area contributed by atoms with E-state index in [0.29, 0.717) is 22.7 Å². The van der Waals surface area contributed by atoms with Crippen LogP contribution in [0.4, 0.5) is 5.88 Å². The van der Waals surface area contributed by atoms with Crippen molar-refractivity contribution in [3.63, 3.8) is 0 Å². The van der Waals surface area contributed by atoms with Crippen molar-refractivity contribution in [3.8, 4) is 0 Å². The first-order valence-corrected chi connectivity index (χ1v) is 8.15. The summed E-state index contributed by atoms with van der Waals surface area (Å²) in [5.41, 5.74) is 3.88. The van der Waals surface area contributed by atoms with Crippen LogP contribution in [0.2, 0.25) is 0 Å². The molecule has 0 aliphatic carbocycles. The summed E-state index contributed by atoms with van der Waals surface area (Å²) in [5.74, 6) is 2.62. The molecule has 1 aliphatic heterocycles. The summed E-state index contributed by atoms with van der Waals surface area (Å²) < 4.78 is 54.0.